The molecule has 0 aliphatic rings. The molecular formula is C12H30S10Si2. The highest BCUT2D eigenvalue weighted by Gasteiger charge is 2.31. The fourth-order valence-corrected chi connectivity index (χ4v) is 30.3. The SMILES string of the molecule is CS[Si](CCCSSSSCCC[Si](SC)(SC)SC)(SC)SC. The first-order valence-electron chi connectivity index (χ1n) is 7.46. The van der Waals surface area contributed by atoms with Crippen molar-refractivity contribution in [3.8, 4) is 0 Å². The first-order chi connectivity index (χ1) is 11.6. The molecule has 0 fully saturated rings. The molecule has 12 heteroatoms. The first kappa shape index (κ1) is 27.9. The standard InChI is InChI=1S/C12H30S10Si2/c1-13-23(14-2,15-3)11-7-9-19-21-22-20-10-8-12-24(16-4,17-5)18-6/h7-12H2,1-6H3. The molecule has 0 saturated heterocycles. The van der Waals surface area contributed by atoms with Gasteiger partial charge in [-0.2, -0.15) is 67.3 Å². The molecule has 0 spiro atoms. The predicted octanol–water partition coefficient (Wildman–Crippen LogP) is 8.50. The summed E-state index contributed by atoms with van der Waals surface area (Å²) in [5.41, 5.74) is -2.24. The summed E-state index contributed by atoms with van der Waals surface area (Å²) in [5, 5.41) is 0. The maximum atomic E-state index is 2.30. The Bertz CT molecular complexity index is 244. The second-order valence-corrected chi connectivity index (χ2v) is 41.5. The molecule has 0 aromatic heterocycles. The fraction of sp³-hybridized carbons (Fsp3) is 1.00. The molecule has 0 nitrogen and oxygen atoms in total. The fourth-order valence-electron chi connectivity index (χ4n) is 1.91. The maximum absolute atomic E-state index is 2.30. The van der Waals surface area contributed by atoms with Crippen molar-refractivity contribution in [3.63, 3.8) is 0 Å². The molecule has 0 unspecified atom stereocenters. The van der Waals surface area contributed by atoms with E-state index in [-0.39, 0.29) is 0 Å². The van der Waals surface area contributed by atoms with Crippen LogP contribution in [-0.2, 0) is 0 Å². The van der Waals surface area contributed by atoms with Crippen molar-refractivity contribution in [2.24, 2.45) is 0 Å². The zero-order valence-corrected chi connectivity index (χ0v) is 25.5. The van der Waals surface area contributed by atoms with Crippen LogP contribution in [0.25, 0.3) is 0 Å². The Morgan fingerprint density at radius 1 is 0.500 bits per heavy atom. The summed E-state index contributed by atoms with van der Waals surface area (Å²) >= 11 is 12.8. The molecule has 0 aliphatic carbocycles. The second kappa shape index (κ2) is 17.8. The Morgan fingerprint density at radius 3 is 1.04 bits per heavy atom. The highest BCUT2D eigenvalue weighted by molar-refractivity contribution is 9.26. The van der Waals surface area contributed by atoms with Crippen LogP contribution in [-0.4, -0.2) is 60.1 Å². The Labute approximate surface area is 191 Å². The highest BCUT2D eigenvalue weighted by atomic mass is 33.7. The molecular weight excluding hydrogens is 521 g/mol. The molecule has 0 saturated carbocycles. The van der Waals surface area contributed by atoms with E-state index in [9.17, 15) is 0 Å². The van der Waals surface area contributed by atoms with E-state index in [1.165, 1.54) is 36.4 Å². The molecule has 0 aliphatic heterocycles. The van der Waals surface area contributed by atoms with Gasteiger partial charge in [-0.1, -0.05) is 21.6 Å². The zero-order valence-electron chi connectivity index (χ0n) is 15.3. The molecule has 0 rings (SSSR count). The van der Waals surface area contributed by atoms with Crippen LogP contribution < -0.4 is 0 Å². The van der Waals surface area contributed by atoms with E-state index < -0.39 is 11.0 Å². The van der Waals surface area contributed by atoms with E-state index in [0.29, 0.717) is 0 Å². The first-order valence-corrected chi connectivity index (χ1v) is 28.7. The zero-order chi connectivity index (χ0) is 18.3. The van der Waals surface area contributed by atoms with Crippen LogP contribution in [0, 0.1) is 0 Å². The summed E-state index contributed by atoms with van der Waals surface area (Å²) in [6, 6.07) is 2.87. The molecule has 0 heterocycles. The third-order valence-corrected chi connectivity index (χ3v) is 48.6. The van der Waals surface area contributed by atoms with Crippen molar-refractivity contribution in [1.82, 2.24) is 0 Å². The third kappa shape index (κ3) is 11.8. The van der Waals surface area contributed by atoms with Crippen molar-refractivity contribution in [3.05, 3.63) is 0 Å². The van der Waals surface area contributed by atoms with Crippen molar-refractivity contribution < 1.29 is 0 Å². The van der Waals surface area contributed by atoms with Crippen LogP contribution in [0.2, 0.25) is 12.1 Å². The molecule has 0 N–H and O–H groups in total. The Kier molecular flexibility index (Phi) is 20.7. The van der Waals surface area contributed by atoms with Gasteiger partial charge in [-0.05, 0) is 82.1 Å². The minimum absolute atomic E-state index is 1.12. The second-order valence-electron chi connectivity index (χ2n) is 4.58. The smallest absolute Gasteiger partial charge is 0.165 e. The normalized spacial score (nSPS) is 12.8. The summed E-state index contributed by atoms with van der Waals surface area (Å²) in [5.74, 6) is 2.60. The van der Waals surface area contributed by atoms with Crippen LogP contribution in [0.3, 0.4) is 0 Å². The molecule has 0 aromatic rings. The van der Waals surface area contributed by atoms with E-state index in [0.717, 1.165) is 0 Å². The van der Waals surface area contributed by atoms with Crippen LogP contribution in [0.4, 0.5) is 0 Å². The topological polar surface area (TPSA) is 0 Å². The average Bonchev–Trinajstić information content (AvgIpc) is 2.64. The Hall–Kier alpha value is 3.93. The Balaban J connectivity index is 3.58. The summed E-state index contributed by atoms with van der Waals surface area (Å²) in [6.45, 7) is 0. The van der Waals surface area contributed by atoms with E-state index in [2.05, 4.69) is 126 Å². The lowest BCUT2D eigenvalue weighted by Gasteiger charge is -2.24. The van der Waals surface area contributed by atoms with Gasteiger partial charge in [-0.3, -0.25) is 0 Å². The molecule has 0 radical (unpaired) electrons. The Morgan fingerprint density at radius 2 is 0.792 bits per heavy atom. The van der Waals surface area contributed by atoms with Gasteiger partial charge in [0.05, 0.1) is 0 Å². The minimum atomic E-state index is -1.12. The van der Waals surface area contributed by atoms with Gasteiger partial charge in [0.2, 0.25) is 11.0 Å². The number of rotatable bonds is 17. The van der Waals surface area contributed by atoms with Gasteiger partial charge < -0.3 is 0 Å². The van der Waals surface area contributed by atoms with E-state index in [1.54, 1.807) is 0 Å². The van der Waals surface area contributed by atoms with Gasteiger partial charge in [-0.25, -0.2) is 0 Å². The summed E-state index contributed by atoms with van der Waals surface area (Å²) in [7, 11) is 8.08. The maximum Gasteiger partial charge on any atom is 0.236 e. The third-order valence-electron chi connectivity index (χ3n) is 3.41. The number of hydrogen-bond acceptors (Lipinski definition) is 10. The van der Waals surface area contributed by atoms with Crippen LogP contribution in [0.5, 0.6) is 0 Å². The lowest BCUT2D eigenvalue weighted by atomic mass is 10.6. The molecule has 24 heavy (non-hydrogen) atoms. The molecule has 0 aromatic carbocycles. The monoisotopic (exact) mass is 550 g/mol. The van der Waals surface area contributed by atoms with Crippen LogP contribution in [0.1, 0.15) is 12.8 Å². The highest BCUT2D eigenvalue weighted by Crippen LogP contribution is 2.47. The van der Waals surface area contributed by atoms with Gasteiger partial charge in [0.25, 0.3) is 0 Å². The molecule has 146 valence electrons. The van der Waals surface area contributed by atoms with Gasteiger partial charge >= 0.3 is 0 Å². The van der Waals surface area contributed by atoms with Gasteiger partial charge in [0.15, 0.2) is 0 Å². The predicted molar refractivity (Wildman–Crippen MR) is 152 cm³/mol. The minimum Gasteiger partial charge on any atom is -0.165 e. The lowest BCUT2D eigenvalue weighted by Crippen LogP contribution is -2.20. The summed E-state index contributed by atoms with van der Waals surface area (Å²) in [6.07, 6.45) is 16.6. The molecule has 0 amide bonds. The summed E-state index contributed by atoms with van der Waals surface area (Å²) < 4.78 is 0. The number of hydrogen-bond donors (Lipinski definition) is 0. The average molecular weight is 551 g/mol. The van der Waals surface area contributed by atoms with Gasteiger partial charge in [0, 0.05) is 11.5 Å². The lowest BCUT2D eigenvalue weighted by molar-refractivity contribution is 1.10. The van der Waals surface area contributed by atoms with Crippen molar-refractivity contribution in [2.45, 2.75) is 24.9 Å². The van der Waals surface area contributed by atoms with Crippen molar-refractivity contribution in [2.75, 3.05) is 49.0 Å². The van der Waals surface area contributed by atoms with E-state index >= 15 is 0 Å². The van der Waals surface area contributed by atoms with Crippen molar-refractivity contribution >= 4 is 120 Å². The largest absolute Gasteiger partial charge is 0.236 e. The van der Waals surface area contributed by atoms with Crippen molar-refractivity contribution in [1.29, 1.82) is 0 Å². The van der Waals surface area contributed by atoms with Crippen LogP contribution in [0.15, 0.2) is 0 Å². The molecule has 0 atom stereocenters. The van der Waals surface area contributed by atoms with E-state index in [1.807, 2.05) is 19.7 Å². The molecule has 0 bridgehead atoms. The van der Waals surface area contributed by atoms with Crippen LogP contribution >= 0.6 is 109 Å². The van der Waals surface area contributed by atoms with Gasteiger partial charge in [0.1, 0.15) is 0 Å². The van der Waals surface area contributed by atoms with Gasteiger partial charge in [-0.15, -0.1) is 0 Å². The van der Waals surface area contributed by atoms with E-state index in [4.69, 9.17) is 0 Å². The quantitative estimate of drug-likeness (QED) is 0.0976. The summed E-state index contributed by atoms with van der Waals surface area (Å²) in [4.78, 5) is 0.